The summed E-state index contributed by atoms with van der Waals surface area (Å²) in [6.45, 7) is 1.78. The van der Waals surface area contributed by atoms with E-state index in [2.05, 4.69) is 9.98 Å². The Kier molecular flexibility index (Phi) is 7.91. The number of carbonyl (C=O) groups excluding carboxylic acids is 1. The molecule has 1 aromatic heterocycles. The van der Waals surface area contributed by atoms with Crippen LogP contribution in [0, 0.1) is 5.92 Å². The fourth-order valence-electron chi connectivity index (χ4n) is 3.16. The molecule has 33 heavy (non-hydrogen) atoms. The molecule has 0 amide bonds. The number of methoxy groups -OCH3 is 1. The van der Waals surface area contributed by atoms with E-state index in [4.69, 9.17) is 33.7 Å². The van der Waals surface area contributed by atoms with Crippen LogP contribution in [0.5, 0.6) is 0 Å². The zero-order valence-corrected chi connectivity index (χ0v) is 19.6. The fourth-order valence-corrected chi connectivity index (χ4v) is 3.54. The van der Waals surface area contributed by atoms with Gasteiger partial charge in [0.25, 0.3) is 0 Å². The van der Waals surface area contributed by atoms with E-state index in [1.807, 2.05) is 0 Å². The number of aromatic nitrogens is 3. The molecule has 0 spiro atoms. The normalized spacial score (nSPS) is 12.6. The van der Waals surface area contributed by atoms with E-state index in [1.54, 1.807) is 49.4 Å². The Balaban J connectivity index is 2.18. The quantitative estimate of drug-likeness (QED) is 0.490. The molecule has 0 aliphatic heterocycles. The largest absolute Gasteiger partial charge is 0.469 e. The molecular formula is C22H23Cl2N5O4. The molecule has 3 aromatic rings. The van der Waals surface area contributed by atoms with E-state index < -0.39 is 23.3 Å². The molecule has 0 saturated heterocycles. The molecular weight excluding hydrogens is 469 g/mol. The number of halogens is 2. The van der Waals surface area contributed by atoms with Crippen molar-refractivity contribution >= 4 is 34.9 Å². The predicted octanol–water partition coefficient (Wildman–Crippen LogP) is 2.19. The van der Waals surface area contributed by atoms with Crippen LogP contribution in [0.25, 0.3) is 0 Å². The maximum atomic E-state index is 13.3. The molecule has 174 valence electrons. The molecule has 2 aromatic carbocycles. The second-order valence-corrected chi connectivity index (χ2v) is 8.22. The van der Waals surface area contributed by atoms with Gasteiger partial charge in [0.2, 0.25) is 5.62 Å². The highest BCUT2D eigenvalue weighted by Crippen LogP contribution is 2.22. The third-order valence-electron chi connectivity index (χ3n) is 4.99. The molecule has 0 bridgehead atoms. The van der Waals surface area contributed by atoms with Crippen molar-refractivity contribution in [3.05, 3.63) is 90.2 Å². The van der Waals surface area contributed by atoms with Gasteiger partial charge < -0.3 is 10.5 Å². The maximum Gasteiger partial charge on any atom is 0.335 e. The highest BCUT2D eigenvalue weighted by molar-refractivity contribution is 6.31. The maximum absolute atomic E-state index is 13.3. The fraction of sp³-hybridized carbons (Fsp3) is 0.273. The number of hydrogen-bond acceptors (Lipinski definition) is 6. The van der Waals surface area contributed by atoms with Crippen LogP contribution in [0.15, 0.2) is 57.0 Å². The summed E-state index contributed by atoms with van der Waals surface area (Å²) < 4.78 is 6.96. The Labute approximate surface area is 199 Å². The summed E-state index contributed by atoms with van der Waals surface area (Å²) in [6, 6.07) is 11.9. The SMILES string of the molecule is COC(=O)[C@@H](C)Cn1c(=O)[nH]/c(=N\c2ccc(CN)c(Cl)c2)n(Cc2ccc(Cl)cc2)c1=O. The summed E-state index contributed by atoms with van der Waals surface area (Å²) in [7, 11) is 1.25. The number of nitrogens with zero attached hydrogens (tertiary/aromatic N) is 3. The van der Waals surface area contributed by atoms with Crippen molar-refractivity contribution in [1.82, 2.24) is 14.1 Å². The van der Waals surface area contributed by atoms with Gasteiger partial charge in [0.05, 0.1) is 25.3 Å². The number of nitrogens with two attached hydrogens (primary N) is 1. The third-order valence-corrected chi connectivity index (χ3v) is 5.59. The second kappa shape index (κ2) is 10.7. The van der Waals surface area contributed by atoms with E-state index in [0.717, 1.165) is 15.7 Å². The first-order valence-electron chi connectivity index (χ1n) is 10.0. The Bertz CT molecular complexity index is 1340. The van der Waals surface area contributed by atoms with Crippen molar-refractivity contribution < 1.29 is 9.53 Å². The van der Waals surface area contributed by atoms with Crippen molar-refractivity contribution in [1.29, 1.82) is 0 Å². The molecule has 9 nitrogen and oxygen atoms in total. The van der Waals surface area contributed by atoms with Crippen molar-refractivity contribution in [2.45, 2.75) is 26.6 Å². The second-order valence-electron chi connectivity index (χ2n) is 7.38. The van der Waals surface area contributed by atoms with E-state index in [0.29, 0.717) is 15.7 Å². The predicted molar refractivity (Wildman–Crippen MR) is 126 cm³/mol. The number of esters is 1. The van der Waals surface area contributed by atoms with Gasteiger partial charge in [-0.2, -0.15) is 0 Å². The molecule has 1 heterocycles. The molecule has 3 rings (SSSR count). The molecule has 1 atom stereocenters. The lowest BCUT2D eigenvalue weighted by Gasteiger charge is -2.14. The van der Waals surface area contributed by atoms with E-state index in [-0.39, 0.29) is 25.3 Å². The van der Waals surface area contributed by atoms with Crippen LogP contribution in [-0.2, 0) is 29.2 Å². The van der Waals surface area contributed by atoms with Gasteiger partial charge in [-0.15, -0.1) is 0 Å². The van der Waals surface area contributed by atoms with Gasteiger partial charge in [0.15, 0.2) is 0 Å². The molecule has 0 radical (unpaired) electrons. The van der Waals surface area contributed by atoms with Crippen LogP contribution in [0.2, 0.25) is 10.0 Å². The topological polar surface area (TPSA) is 124 Å². The van der Waals surface area contributed by atoms with Gasteiger partial charge in [-0.3, -0.25) is 14.3 Å². The minimum absolute atomic E-state index is 0.0264. The monoisotopic (exact) mass is 491 g/mol. The number of ether oxygens (including phenoxy) is 1. The zero-order chi connectivity index (χ0) is 24.1. The van der Waals surface area contributed by atoms with Gasteiger partial charge in [-0.05, 0) is 35.4 Å². The van der Waals surface area contributed by atoms with Crippen molar-refractivity contribution in [2.24, 2.45) is 16.6 Å². The summed E-state index contributed by atoms with van der Waals surface area (Å²) in [5.41, 5.74) is 6.27. The molecule has 0 aliphatic rings. The summed E-state index contributed by atoms with van der Waals surface area (Å²) in [5, 5.41) is 0.972. The smallest absolute Gasteiger partial charge is 0.335 e. The van der Waals surface area contributed by atoms with Crippen molar-refractivity contribution in [3.63, 3.8) is 0 Å². The lowest BCUT2D eigenvalue weighted by atomic mass is 10.2. The summed E-state index contributed by atoms with van der Waals surface area (Å²) in [5.74, 6) is -1.24. The van der Waals surface area contributed by atoms with Crippen LogP contribution in [-0.4, -0.2) is 27.2 Å². The highest BCUT2D eigenvalue weighted by Gasteiger charge is 2.18. The summed E-state index contributed by atoms with van der Waals surface area (Å²) in [6.07, 6.45) is 0. The Morgan fingerprint density at radius 3 is 2.45 bits per heavy atom. The first-order chi connectivity index (χ1) is 15.7. The number of H-pyrrole nitrogens is 1. The first-order valence-corrected chi connectivity index (χ1v) is 10.8. The van der Waals surface area contributed by atoms with Gasteiger partial charge in [0, 0.05) is 23.1 Å². The summed E-state index contributed by atoms with van der Waals surface area (Å²) >= 11 is 12.2. The van der Waals surface area contributed by atoms with Crippen LogP contribution < -0.4 is 22.7 Å². The molecule has 0 fully saturated rings. The van der Waals surface area contributed by atoms with Crippen molar-refractivity contribution in [3.8, 4) is 0 Å². The number of carbonyl (C=O) groups is 1. The minimum Gasteiger partial charge on any atom is -0.469 e. The molecule has 3 N–H and O–H groups in total. The number of aromatic amines is 1. The van der Waals surface area contributed by atoms with Crippen LogP contribution in [0.4, 0.5) is 5.69 Å². The number of rotatable bonds is 7. The summed E-state index contributed by atoms with van der Waals surface area (Å²) in [4.78, 5) is 44.9. The Morgan fingerprint density at radius 1 is 1.15 bits per heavy atom. The molecule has 0 unspecified atom stereocenters. The van der Waals surface area contributed by atoms with E-state index in [9.17, 15) is 14.4 Å². The van der Waals surface area contributed by atoms with Gasteiger partial charge >= 0.3 is 17.3 Å². The average Bonchev–Trinajstić information content (AvgIpc) is 2.79. The van der Waals surface area contributed by atoms with Gasteiger partial charge in [-0.1, -0.05) is 48.3 Å². The Hall–Kier alpha value is -3.14. The van der Waals surface area contributed by atoms with Crippen LogP contribution >= 0.6 is 23.2 Å². The van der Waals surface area contributed by atoms with Gasteiger partial charge in [0.1, 0.15) is 0 Å². The standard InChI is InChI=1S/C22H23Cl2N5O4/c1-13(19(30)33-2)11-29-21(31)27-20(26-17-8-5-15(10-25)18(24)9-17)28(22(29)32)12-14-3-6-16(23)7-4-14/h3-9,13H,10-12,25H2,1-2H3,(H,26,27,31)/t13-/m0/s1. The van der Waals surface area contributed by atoms with Crippen molar-refractivity contribution in [2.75, 3.05) is 7.11 Å². The lowest BCUT2D eigenvalue weighted by Crippen LogP contribution is -2.51. The minimum atomic E-state index is -0.705. The molecule has 11 heteroatoms. The number of hydrogen-bond donors (Lipinski definition) is 2. The molecule has 0 aliphatic carbocycles. The molecule has 0 saturated carbocycles. The van der Waals surface area contributed by atoms with Gasteiger partial charge in [-0.25, -0.2) is 19.1 Å². The lowest BCUT2D eigenvalue weighted by molar-refractivity contribution is -0.145. The van der Waals surface area contributed by atoms with Crippen LogP contribution in [0.3, 0.4) is 0 Å². The number of nitrogens with one attached hydrogen (secondary N) is 1. The number of benzene rings is 2. The first kappa shape index (κ1) is 24.5. The zero-order valence-electron chi connectivity index (χ0n) is 18.0. The highest BCUT2D eigenvalue weighted by atomic mass is 35.5. The Morgan fingerprint density at radius 2 is 1.85 bits per heavy atom. The van der Waals surface area contributed by atoms with E-state index in [1.165, 1.54) is 11.7 Å². The third kappa shape index (κ3) is 5.81. The van der Waals surface area contributed by atoms with E-state index >= 15 is 0 Å². The van der Waals surface area contributed by atoms with Crippen LogP contribution in [0.1, 0.15) is 18.1 Å². The average molecular weight is 492 g/mol.